The lowest BCUT2D eigenvalue weighted by Crippen LogP contribution is -2.29. The summed E-state index contributed by atoms with van der Waals surface area (Å²) in [5.41, 5.74) is 0.555. The van der Waals surface area contributed by atoms with Crippen molar-refractivity contribution in [3.05, 3.63) is 69.4 Å². The molecule has 4 heterocycles. The van der Waals surface area contributed by atoms with Crippen molar-refractivity contribution in [3.8, 4) is 0 Å². The highest BCUT2D eigenvalue weighted by Gasteiger charge is 2.32. The van der Waals surface area contributed by atoms with E-state index in [-0.39, 0.29) is 11.5 Å². The van der Waals surface area contributed by atoms with Gasteiger partial charge in [0.05, 0.1) is 23.3 Å². The van der Waals surface area contributed by atoms with E-state index in [0.29, 0.717) is 45.1 Å². The second kappa shape index (κ2) is 8.85. The molecule has 1 aliphatic rings. The number of fused-ring (bicyclic) bond motifs is 1. The van der Waals surface area contributed by atoms with Crippen LogP contribution in [0.2, 0.25) is 0 Å². The van der Waals surface area contributed by atoms with Crippen molar-refractivity contribution < 1.29 is 9.21 Å². The lowest BCUT2D eigenvalue weighted by Gasteiger charge is -2.13. The molecule has 0 spiro atoms. The van der Waals surface area contributed by atoms with Gasteiger partial charge in [0.1, 0.15) is 21.5 Å². The van der Waals surface area contributed by atoms with Crippen molar-refractivity contribution in [2.75, 3.05) is 11.9 Å². The molecule has 1 fully saturated rings. The van der Waals surface area contributed by atoms with E-state index in [4.69, 9.17) is 16.6 Å². The molecule has 7 nitrogen and oxygen atoms in total. The molecular formula is C21H20N4O3S2. The Morgan fingerprint density at radius 1 is 1.27 bits per heavy atom. The number of nitrogens with zero attached hydrogens (tertiary/aromatic N) is 3. The Labute approximate surface area is 182 Å². The van der Waals surface area contributed by atoms with Crippen molar-refractivity contribution >= 4 is 51.7 Å². The maximum Gasteiger partial charge on any atom is 0.267 e. The van der Waals surface area contributed by atoms with E-state index < -0.39 is 0 Å². The van der Waals surface area contributed by atoms with Gasteiger partial charge in [0, 0.05) is 12.7 Å². The van der Waals surface area contributed by atoms with Crippen LogP contribution in [-0.2, 0) is 11.3 Å². The summed E-state index contributed by atoms with van der Waals surface area (Å²) in [6, 6.07) is 8.96. The summed E-state index contributed by atoms with van der Waals surface area (Å²) in [5, 5.41) is 3.16. The Hall–Kier alpha value is -2.91. The zero-order valence-corrected chi connectivity index (χ0v) is 18.0. The van der Waals surface area contributed by atoms with Crippen molar-refractivity contribution in [1.82, 2.24) is 14.3 Å². The molecule has 3 aromatic rings. The Balaban J connectivity index is 1.75. The van der Waals surface area contributed by atoms with Crippen LogP contribution in [0, 0.1) is 0 Å². The third-order valence-corrected chi connectivity index (χ3v) is 6.04. The molecular weight excluding hydrogens is 420 g/mol. The fourth-order valence-electron chi connectivity index (χ4n) is 3.09. The summed E-state index contributed by atoms with van der Waals surface area (Å²) in [6.07, 6.45) is 6.67. The normalized spacial score (nSPS) is 15.5. The Morgan fingerprint density at radius 3 is 2.90 bits per heavy atom. The number of hydrogen-bond donors (Lipinski definition) is 1. The number of amides is 1. The highest BCUT2D eigenvalue weighted by Crippen LogP contribution is 2.33. The van der Waals surface area contributed by atoms with Crippen LogP contribution < -0.4 is 10.9 Å². The molecule has 0 aromatic carbocycles. The number of furan rings is 1. The number of carbonyl (C=O) groups is 1. The number of thioether (sulfide) groups is 1. The predicted octanol–water partition coefficient (Wildman–Crippen LogP) is 3.90. The molecule has 154 valence electrons. The monoisotopic (exact) mass is 440 g/mol. The van der Waals surface area contributed by atoms with E-state index in [1.807, 2.05) is 12.1 Å². The fraction of sp³-hybridized carbons (Fsp3) is 0.238. The van der Waals surface area contributed by atoms with E-state index in [1.165, 1.54) is 16.2 Å². The molecule has 1 saturated heterocycles. The van der Waals surface area contributed by atoms with Crippen molar-refractivity contribution in [3.63, 3.8) is 0 Å². The van der Waals surface area contributed by atoms with E-state index in [9.17, 15) is 9.59 Å². The highest BCUT2D eigenvalue weighted by atomic mass is 32.2. The first kappa shape index (κ1) is 20.4. The average Bonchev–Trinajstić information content (AvgIpc) is 3.36. The summed E-state index contributed by atoms with van der Waals surface area (Å²) in [5.74, 6) is 0.927. The summed E-state index contributed by atoms with van der Waals surface area (Å²) >= 11 is 6.58. The molecule has 3 aromatic heterocycles. The topological polar surface area (TPSA) is 79.8 Å². The minimum atomic E-state index is -0.263. The van der Waals surface area contributed by atoms with Gasteiger partial charge in [-0.1, -0.05) is 43.4 Å². The Bertz CT molecular complexity index is 1180. The van der Waals surface area contributed by atoms with Gasteiger partial charge >= 0.3 is 0 Å². The standard InChI is InChI=1S/C21H20N4O3S2/c1-2-3-9-25-20(27)16(30-21(25)29)12-15-18(22-13-14-7-6-11-28-14)23-17-8-4-5-10-24(17)19(15)26/h4-8,10-12,22H,2-3,9,13H2,1H3. The molecule has 0 atom stereocenters. The van der Waals surface area contributed by atoms with Gasteiger partial charge in [-0.3, -0.25) is 18.9 Å². The van der Waals surface area contributed by atoms with Crippen LogP contribution in [0.4, 0.5) is 5.82 Å². The molecule has 1 amide bonds. The maximum atomic E-state index is 13.2. The third-order valence-electron chi connectivity index (χ3n) is 4.66. The summed E-state index contributed by atoms with van der Waals surface area (Å²) in [7, 11) is 0. The third kappa shape index (κ3) is 4.03. The molecule has 0 bridgehead atoms. The van der Waals surface area contributed by atoms with Crippen molar-refractivity contribution in [1.29, 1.82) is 0 Å². The first-order chi connectivity index (χ1) is 14.6. The fourth-order valence-corrected chi connectivity index (χ4v) is 4.38. The number of unbranched alkanes of at least 4 members (excludes halogenated alkanes) is 1. The zero-order chi connectivity index (χ0) is 21.1. The zero-order valence-electron chi connectivity index (χ0n) is 16.3. The van der Waals surface area contributed by atoms with Gasteiger partial charge in [-0.2, -0.15) is 0 Å². The molecule has 0 unspecified atom stereocenters. The lowest BCUT2D eigenvalue weighted by atomic mass is 10.2. The van der Waals surface area contributed by atoms with Gasteiger partial charge in [-0.25, -0.2) is 4.98 Å². The number of aromatic nitrogens is 2. The van der Waals surface area contributed by atoms with Crippen LogP contribution >= 0.6 is 24.0 Å². The van der Waals surface area contributed by atoms with E-state index >= 15 is 0 Å². The van der Waals surface area contributed by atoms with E-state index in [2.05, 4.69) is 17.2 Å². The molecule has 0 aliphatic carbocycles. The number of rotatable bonds is 7. The molecule has 9 heteroatoms. The first-order valence-corrected chi connectivity index (χ1v) is 10.8. The summed E-state index contributed by atoms with van der Waals surface area (Å²) in [4.78, 5) is 32.6. The van der Waals surface area contributed by atoms with Crippen LogP contribution in [0.3, 0.4) is 0 Å². The maximum absolute atomic E-state index is 13.2. The van der Waals surface area contributed by atoms with Gasteiger partial charge in [0.15, 0.2) is 0 Å². The number of carbonyl (C=O) groups excluding carboxylic acids is 1. The van der Waals surface area contributed by atoms with E-state index in [0.717, 1.165) is 12.8 Å². The van der Waals surface area contributed by atoms with Gasteiger partial charge in [-0.15, -0.1) is 0 Å². The molecule has 0 saturated carbocycles. The molecule has 1 aliphatic heterocycles. The average molecular weight is 441 g/mol. The van der Waals surface area contributed by atoms with Crippen LogP contribution in [0.15, 0.2) is 56.9 Å². The SMILES string of the molecule is CCCCN1C(=O)C(=Cc2c(NCc3ccco3)nc3ccccn3c2=O)SC1=S. The van der Waals surface area contributed by atoms with E-state index in [1.54, 1.807) is 41.6 Å². The number of anilines is 1. The number of thiocarbonyl (C=S) groups is 1. The lowest BCUT2D eigenvalue weighted by molar-refractivity contribution is -0.122. The van der Waals surface area contributed by atoms with Gasteiger partial charge in [0.2, 0.25) is 0 Å². The summed E-state index contributed by atoms with van der Waals surface area (Å²) in [6.45, 7) is 3.00. The Kier molecular flexibility index (Phi) is 6.01. The van der Waals surface area contributed by atoms with Crippen molar-refractivity contribution in [2.45, 2.75) is 26.3 Å². The quantitative estimate of drug-likeness (QED) is 0.441. The molecule has 1 N–H and O–H groups in total. The number of hydrogen-bond acceptors (Lipinski definition) is 7. The van der Waals surface area contributed by atoms with Crippen LogP contribution in [0.5, 0.6) is 0 Å². The van der Waals surface area contributed by atoms with Gasteiger partial charge in [0.25, 0.3) is 11.5 Å². The van der Waals surface area contributed by atoms with Crippen LogP contribution in [-0.4, -0.2) is 31.1 Å². The molecule has 30 heavy (non-hydrogen) atoms. The second-order valence-electron chi connectivity index (χ2n) is 6.73. The van der Waals surface area contributed by atoms with Gasteiger partial charge in [-0.05, 0) is 36.8 Å². The number of nitrogens with one attached hydrogen (secondary N) is 1. The van der Waals surface area contributed by atoms with Gasteiger partial charge < -0.3 is 9.73 Å². The number of pyridine rings is 1. The molecule has 4 rings (SSSR count). The second-order valence-corrected chi connectivity index (χ2v) is 8.40. The smallest absolute Gasteiger partial charge is 0.267 e. The first-order valence-electron chi connectivity index (χ1n) is 9.61. The Morgan fingerprint density at radius 2 is 2.13 bits per heavy atom. The van der Waals surface area contributed by atoms with Crippen LogP contribution in [0.1, 0.15) is 31.1 Å². The van der Waals surface area contributed by atoms with Crippen molar-refractivity contribution in [2.24, 2.45) is 0 Å². The molecule has 0 radical (unpaired) electrons. The predicted molar refractivity (Wildman–Crippen MR) is 122 cm³/mol. The highest BCUT2D eigenvalue weighted by molar-refractivity contribution is 8.26. The largest absolute Gasteiger partial charge is 0.467 e. The van der Waals surface area contributed by atoms with Crippen LogP contribution in [0.25, 0.3) is 11.7 Å². The summed E-state index contributed by atoms with van der Waals surface area (Å²) < 4.78 is 7.33. The minimum Gasteiger partial charge on any atom is -0.467 e. The minimum absolute atomic E-state index is 0.173.